The van der Waals surface area contributed by atoms with Gasteiger partial charge in [0.25, 0.3) is 0 Å². The van der Waals surface area contributed by atoms with Crippen LogP contribution in [0.15, 0.2) is 36.9 Å². The fourth-order valence-electron chi connectivity index (χ4n) is 1.51. The van der Waals surface area contributed by atoms with Gasteiger partial charge in [0.15, 0.2) is 0 Å². The van der Waals surface area contributed by atoms with Gasteiger partial charge in [-0.1, -0.05) is 0 Å². The maximum Gasteiger partial charge on any atom is 0.0724 e. The first-order chi connectivity index (χ1) is 8.34. The lowest BCUT2D eigenvalue weighted by Crippen LogP contribution is -2.17. The van der Waals surface area contributed by atoms with Crippen molar-refractivity contribution in [2.75, 3.05) is 6.54 Å². The maximum atomic E-state index is 4.29. The highest BCUT2D eigenvalue weighted by atomic mass is 14.9. The molecule has 2 aromatic heterocycles. The molecule has 0 saturated carbocycles. The summed E-state index contributed by atoms with van der Waals surface area (Å²) in [5.74, 6) is 0. The summed E-state index contributed by atoms with van der Waals surface area (Å²) in [6.45, 7) is 3.63. The van der Waals surface area contributed by atoms with E-state index >= 15 is 0 Å². The fraction of sp³-hybridized carbons (Fsp3) is 0.308. The predicted molar refractivity (Wildman–Crippen MR) is 66.4 cm³/mol. The summed E-state index contributed by atoms with van der Waals surface area (Å²) in [5.41, 5.74) is 3.22. The summed E-state index contributed by atoms with van der Waals surface area (Å²) in [6, 6.07) is 4.07. The van der Waals surface area contributed by atoms with E-state index in [1.165, 1.54) is 5.56 Å². The Labute approximate surface area is 101 Å². The van der Waals surface area contributed by atoms with Crippen molar-refractivity contribution in [3.05, 3.63) is 53.9 Å². The van der Waals surface area contributed by atoms with Crippen molar-refractivity contribution in [2.24, 2.45) is 0 Å². The number of nitrogens with one attached hydrogen (secondary N) is 1. The second kappa shape index (κ2) is 6.06. The lowest BCUT2D eigenvalue weighted by atomic mass is 10.2. The molecule has 17 heavy (non-hydrogen) atoms. The van der Waals surface area contributed by atoms with Crippen molar-refractivity contribution in [1.29, 1.82) is 0 Å². The molecule has 4 heteroatoms. The van der Waals surface area contributed by atoms with Gasteiger partial charge in [0.2, 0.25) is 0 Å². The monoisotopic (exact) mass is 228 g/mol. The van der Waals surface area contributed by atoms with Crippen molar-refractivity contribution in [3.63, 3.8) is 0 Å². The molecule has 0 aliphatic carbocycles. The Kier molecular flexibility index (Phi) is 4.16. The highest BCUT2D eigenvalue weighted by Gasteiger charge is 1.95. The zero-order chi connectivity index (χ0) is 11.9. The van der Waals surface area contributed by atoms with Gasteiger partial charge in [-0.25, -0.2) is 0 Å². The van der Waals surface area contributed by atoms with E-state index in [-0.39, 0.29) is 0 Å². The van der Waals surface area contributed by atoms with Crippen LogP contribution in [-0.2, 0) is 13.0 Å². The van der Waals surface area contributed by atoms with Crippen molar-refractivity contribution in [2.45, 2.75) is 19.9 Å². The molecule has 0 aliphatic rings. The molecule has 0 spiro atoms. The minimum atomic E-state index is 0.762. The summed E-state index contributed by atoms with van der Waals surface area (Å²) >= 11 is 0. The van der Waals surface area contributed by atoms with E-state index in [1.54, 1.807) is 6.20 Å². The molecule has 0 radical (unpaired) electrons. The summed E-state index contributed by atoms with van der Waals surface area (Å²) in [5, 5.41) is 3.35. The van der Waals surface area contributed by atoms with E-state index in [2.05, 4.69) is 20.3 Å². The number of pyridine rings is 1. The highest BCUT2D eigenvalue weighted by molar-refractivity contribution is 5.10. The molecule has 0 aromatic carbocycles. The quantitative estimate of drug-likeness (QED) is 0.788. The van der Waals surface area contributed by atoms with Crippen LogP contribution >= 0.6 is 0 Å². The van der Waals surface area contributed by atoms with E-state index in [9.17, 15) is 0 Å². The Bertz CT molecular complexity index is 439. The third kappa shape index (κ3) is 3.92. The maximum absolute atomic E-state index is 4.29. The number of rotatable bonds is 5. The zero-order valence-corrected chi connectivity index (χ0v) is 9.93. The largest absolute Gasteiger partial charge is 0.311 e. The van der Waals surface area contributed by atoms with Gasteiger partial charge in [-0.3, -0.25) is 15.0 Å². The molecule has 2 aromatic rings. The first-order valence-electron chi connectivity index (χ1n) is 5.72. The van der Waals surface area contributed by atoms with Crippen molar-refractivity contribution in [1.82, 2.24) is 20.3 Å². The topological polar surface area (TPSA) is 50.7 Å². The second-order valence-electron chi connectivity index (χ2n) is 3.93. The molecule has 0 bridgehead atoms. The van der Waals surface area contributed by atoms with E-state index in [4.69, 9.17) is 0 Å². The molecule has 0 amide bonds. The van der Waals surface area contributed by atoms with Crippen molar-refractivity contribution >= 4 is 0 Å². The first-order valence-corrected chi connectivity index (χ1v) is 5.72. The smallest absolute Gasteiger partial charge is 0.0724 e. The second-order valence-corrected chi connectivity index (χ2v) is 3.93. The van der Waals surface area contributed by atoms with E-state index in [0.717, 1.165) is 30.9 Å². The van der Waals surface area contributed by atoms with Crippen LogP contribution in [0.3, 0.4) is 0 Å². The molecule has 2 rings (SSSR count). The Morgan fingerprint density at radius 2 is 1.94 bits per heavy atom. The molecule has 88 valence electrons. The Morgan fingerprint density at radius 3 is 2.65 bits per heavy atom. The molecule has 0 aliphatic heterocycles. The summed E-state index contributed by atoms with van der Waals surface area (Å²) in [4.78, 5) is 12.5. The van der Waals surface area contributed by atoms with Gasteiger partial charge in [-0.2, -0.15) is 0 Å². The molecule has 0 unspecified atom stereocenters. The third-order valence-electron chi connectivity index (χ3n) is 2.48. The molecular formula is C13H16N4. The van der Waals surface area contributed by atoms with Crippen LogP contribution in [0.4, 0.5) is 0 Å². The van der Waals surface area contributed by atoms with Crippen molar-refractivity contribution in [3.8, 4) is 0 Å². The molecule has 2 heterocycles. The van der Waals surface area contributed by atoms with Crippen LogP contribution in [0, 0.1) is 6.92 Å². The van der Waals surface area contributed by atoms with Crippen molar-refractivity contribution < 1.29 is 0 Å². The van der Waals surface area contributed by atoms with Gasteiger partial charge in [0.05, 0.1) is 11.4 Å². The normalized spacial score (nSPS) is 10.4. The van der Waals surface area contributed by atoms with Gasteiger partial charge in [-0.05, 0) is 37.6 Å². The van der Waals surface area contributed by atoms with Gasteiger partial charge in [0, 0.05) is 31.3 Å². The van der Waals surface area contributed by atoms with E-state index in [1.807, 2.05) is 37.6 Å². The number of aryl methyl sites for hydroxylation is 1. The molecular weight excluding hydrogens is 212 g/mol. The van der Waals surface area contributed by atoms with E-state index < -0.39 is 0 Å². The Hall–Kier alpha value is -1.81. The lowest BCUT2D eigenvalue weighted by molar-refractivity contribution is 0.671. The lowest BCUT2D eigenvalue weighted by Gasteiger charge is -2.04. The van der Waals surface area contributed by atoms with Crippen LogP contribution < -0.4 is 5.32 Å². The summed E-state index contributed by atoms with van der Waals surface area (Å²) in [7, 11) is 0. The Morgan fingerprint density at radius 1 is 1.12 bits per heavy atom. The molecule has 4 nitrogen and oxygen atoms in total. The van der Waals surface area contributed by atoms with Crippen LogP contribution in [0.2, 0.25) is 0 Å². The summed E-state index contributed by atoms with van der Waals surface area (Å²) < 4.78 is 0. The molecule has 0 saturated heterocycles. The summed E-state index contributed by atoms with van der Waals surface area (Å²) in [6.07, 6.45) is 8.25. The van der Waals surface area contributed by atoms with E-state index in [0.29, 0.717) is 0 Å². The first kappa shape index (κ1) is 11.7. The molecule has 1 N–H and O–H groups in total. The van der Waals surface area contributed by atoms with Gasteiger partial charge < -0.3 is 5.32 Å². The van der Waals surface area contributed by atoms with Crippen LogP contribution in [0.5, 0.6) is 0 Å². The SMILES string of the molecule is Cc1cnc(CNCCc2ccncc2)cn1. The van der Waals surface area contributed by atoms with Crippen LogP contribution in [0.25, 0.3) is 0 Å². The molecule has 0 fully saturated rings. The fourth-order valence-corrected chi connectivity index (χ4v) is 1.51. The number of nitrogens with zero attached hydrogens (tertiary/aromatic N) is 3. The third-order valence-corrected chi connectivity index (χ3v) is 2.48. The minimum absolute atomic E-state index is 0.762. The van der Waals surface area contributed by atoms with Gasteiger partial charge in [0.1, 0.15) is 0 Å². The standard InChI is InChI=1S/C13H16N4/c1-11-8-17-13(10-16-11)9-15-7-4-12-2-5-14-6-3-12/h2-3,5-6,8,10,15H,4,7,9H2,1H3. The highest BCUT2D eigenvalue weighted by Crippen LogP contribution is 1.97. The average Bonchev–Trinajstić information content (AvgIpc) is 2.38. The minimum Gasteiger partial charge on any atom is -0.311 e. The predicted octanol–water partition coefficient (Wildman–Crippen LogP) is 1.51. The van der Waals surface area contributed by atoms with Crippen LogP contribution in [0.1, 0.15) is 17.0 Å². The van der Waals surface area contributed by atoms with Crippen LogP contribution in [-0.4, -0.2) is 21.5 Å². The average molecular weight is 228 g/mol. The zero-order valence-electron chi connectivity index (χ0n) is 9.93. The number of aromatic nitrogens is 3. The van der Waals surface area contributed by atoms with Gasteiger partial charge >= 0.3 is 0 Å². The van der Waals surface area contributed by atoms with Gasteiger partial charge in [-0.15, -0.1) is 0 Å². The Balaban J connectivity index is 1.71. The molecule has 0 atom stereocenters. The number of hydrogen-bond acceptors (Lipinski definition) is 4. The number of hydrogen-bond donors (Lipinski definition) is 1.